The molecular weight excluding hydrogens is 334 g/mol. The molecule has 0 saturated heterocycles. The molecule has 0 aromatic carbocycles. The van der Waals surface area contributed by atoms with Gasteiger partial charge in [-0.3, -0.25) is 14.3 Å². The van der Waals surface area contributed by atoms with Crippen LogP contribution in [0.25, 0.3) is 10.9 Å². The summed E-state index contributed by atoms with van der Waals surface area (Å²) >= 11 is 0. The third-order valence-electron chi connectivity index (χ3n) is 4.77. The molecule has 2 aromatic rings. The zero-order valence-electron chi connectivity index (χ0n) is 16.0. The lowest BCUT2D eigenvalue weighted by Gasteiger charge is -2.41. The van der Waals surface area contributed by atoms with Gasteiger partial charge in [-0.1, -0.05) is 13.8 Å². The molecule has 142 valence electrons. The van der Waals surface area contributed by atoms with Crippen molar-refractivity contribution in [3.63, 3.8) is 0 Å². The SMILES string of the molecule is CC(C)c1nn(CC(=O)NC2CC(C)(O)C2)c(=O)c2cn(C(C)C)nc12. The van der Waals surface area contributed by atoms with Crippen molar-refractivity contribution in [1.29, 1.82) is 0 Å². The molecule has 1 aliphatic carbocycles. The van der Waals surface area contributed by atoms with E-state index in [-0.39, 0.29) is 36.0 Å². The Balaban J connectivity index is 1.89. The van der Waals surface area contributed by atoms with Gasteiger partial charge >= 0.3 is 0 Å². The Morgan fingerprint density at radius 1 is 1.35 bits per heavy atom. The number of amides is 1. The summed E-state index contributed by atoms with van der Waals surface area (Å²) in [4.78, 5) is 25.1. The largest absolute Gasteiger partial charge is 0.390 e. The molecule has 1 fully saturated rings. The molecule has 26 heavy (non-hydrogen) atoms. The molecule has 0 aliphatic heterocycles. The van der Waals surface area contributed by atoms with E-state index < -0.39 is 5.60 Å². The van der Waals surface area contributed by atoms with Crippen LogP contribution in [-0.2, 0) is 11.3 Å². The number of carbonyl (C=O) groups is 1. The molecule has 1 saturated carbocycles. The molecule has 0 spiro atoms. The van der Waals surface area contributed by atoms with Crippen LogP contribution < -0.4 is 10.9 Å². The minimum absolute atomic E-state index is 0.0507. The number of rotatable bonds is 5. The van der Waals surface area contributed by atoms with Crippen LogP contribution in [0.4, 0.5) is 0 Å². The summed E-state index contributed by atoms with van der Waals surface area (Å²) < 4.78 is 2.97. The van der Waals surface area contributed by atoms with E-state index >= 15 is 0 Å². The Hall–Kier alpha value is -2.22. The number of aromatic nitrogens is 4. The average molecular weight is 361 g/mol. The van der Waals surface area contributed by atoms with E-state index in [9.17, 15) is 14.7 Å². The Morgan fingerprint density at radius 3 is 2.54 bits per heavy atom. The zero-order valence-corrected chi connectivity index (χ0v) is 16.0. The van der Waals surface area contributed by atoms with Gasteiger partial charge in [0.05, 0.1) is 16.7 Å². The number of nitrogens with zero attached hydrogens (tertiary/aromatic N) is 4. The molecular formula is C18H27N5O3. The minimum atomic E-state index is -0.706. The van der Waals surface area contributed by atoms with Crippen molar-refractivity contribution in [2.75, 3.05) is 0 Å². The highest BCUT2D eigenvalue weighted by Crippen LogP contribution is 2.31. The number of hydrogen-bond acceptors (Lipinski definition) is 5. The molecule has 1 amide bonds. The molecule has 8 heteroatoms. The molecule has 3 rings (SSSR count). The summed E-state index contributed by atoms with van der Waals surface area (Å²) in [6, 6.07) is 0.0789. The Kier molecular flexibility index (Phi) is 4.64. The van der Waals surface area contributed by atoms with Gasteiger partial charge in [0.15, 0.2) is 0 Å². The molecule has 1 aliphatic rings. The average Bonchev–Trinajstić information content (AvgIpc) is 2.93. The van der Waals surface area contributed by atoms with Gasteiger partial charge in [-0.2, -0.15) is 10.2 Å². The van der Waals surface area contributed by atoms with Crippen LogP contribution in [0.2, 0.25) is 0 Å². The van der Waals surface area contributed by atoms with Crippen molar-refractivity contribution in [2.24, 2.45) is 0 Å². The summed E-state index contributed by atoms with van der Waals surface area (Å²) in [5, 5.41) is 22.0. The molecule has 2 N–H and O–H groups in total. The van der Waals surface area contributed by atoms with Crippen LogP contribution in [-0.4, -0.2) is 42.2 Å². The Morgan fingerprint density at radius 2 is 2.00 bits per heavy atom. The molecule has 0 unspecified atom stereocenters. The molecule has 2 aromatic heterocycles. The van der Waals surface area contributed by atoms with Crippen LogP contribution >= 0.6 is 0 Å². The van der Waals surface area contributed by atoms with Gasteiger partial charge < -0.3 is 10.4 Å². The van der Waals surface area contributed by atoms with E-state index in [1.54, 1.807) is 17.8 Å². The standard InChI is InChI=1S/C18H27N5O3/c1-10(2)15-16-13(8-22(21-16)11(3)4)17(25)23(20-15)9-14(24)19-12-6-18(5,26)7-12/h8,10-12,26H,6-7,9H2,1-5H3,(H,19,24). The van der Waals surface area contributed by atoms with Gasteiger partial charge in [-0.15, -0.1) is 0 Å². The highest BCUT2D eigenvalue weighted by molar-refractivity contribution is 5.80. The third-order valence-corrected chi connectivity index (χ3v) is 4.77. The first kappa shape index (κ1) is 18.6. The number of hydrogen-bond donors (Lipinski definition) is 2. The quantitative estimate of drug-likeness (QED) is 0.836. The van der Waals surface area contributed by atoms with E-state index in [1.807, 2.05) is 27.7 Å². The predicted octanol–water partition coefficient (Wildman–Crippen LogP) is 1.33. The Bertz CT molecular complexity index is 886. The van der Waals surface area contributed by atoms with E-state index in [0.29, 0.717) is 29.4 Å². The summed E-state index contributed by atoms with van der Waals surface area (Å²) in [7, 11) is 0. The second-order valence-electron chi connectivity index (χ2n) is 8.14. The number of aliphatic hydroxyl groups is 1. The lowest BCUT2D eigenvalue weighted by molar-refractivity contribution is -0.125. The summed E-state index contributed by atoms with van der Waals surface area (Å²) in [5.41, 5.74) is 0.290. The zero-order chi connectivity index (χ0) is 19.2. The fourth-order valence-corrected chi connectivity index (χ4v) is 3.37. The normalized spacial score (nSPS) is 22.8. The minimum Gasteiger partial charge on any atom is -0.390 e. The molecule has 2 heterocycles. The summed E-state index contributed by atoms with van der Waals surface area (Å²) in [6.07, 6.45) is 2.78. The topological polar surface area (TPSA) is 102 Å². The number of nitrogens with one attached hydrogen (secondary N) is 1. The van der Waals surface area contributed by atoms with E-state index in [1.165, 1.54) is 4.68 Å². The van der Waals surface area contributed by atoms with Crippen molar-refractivity contribution >= 4 is 16.8 Å². The van der Waals surface area contributed by atoms with Crippen molar-refractivity contribution < 1.29 is 9.90 Å². The maximum absolute atomic E-state index is 12.8. The second kappa shape index (κ2) is 6.50. The smallest absolute Gasteiger partial charge is 0.278 e. The van der Waals surface area contributed by atoms with Gasteiger partial charge in [-0.25, -0.2) is 4.68 Å². The van der Waals surface area contributed by atoms with Crippen LogP contribution in [0.15, 0.2) is 11.0 Å². The summed E-state index contributed by atoms with van der Waals surface area (Å²) in [5.74, 6) is -0.199. The fraction of sp³-hybridized carbons (Fsp3) is 0.667. The Labute approximate surface area is 152 Å². The third kappa shape index (κ3) is 3.51. The van der Waals surface area contributed by atoms with Gasteiger partial charge in [0.1, 0.15) is 12.1 Å². The first-order chi connectivity index (χ1) is 12.1. The van der Waals surface area contributed by atoms with Gasteiger partial charge in [0.25, 0.3) is 5.56 Å². The molecule has 0 radical (unpaired) electrons. The maximum Gasteiger partial charge on any atom is 0.278 e. The second-order valence-corrected chi connectivity index (χ2v) is 8.14. The van der Waals surface area contributed by atoms with Crippen molar-refractivity contribution in [3.05, 3.63) is 22.2 Å². The van der Waals surface area contributed by atoms with Crippen LogP contribution in [0, 0.1) is 0 Å². The van der Waals surface area contributed by atoms with Crippen LogP contribution in [0.3, 0.4) is 0 Å². The van der Waals surface area contributed by atoms with Gasteiger partial charge in [0, 0.05) is 18.3 Å². The first-order valence-corrected chi connectivity index (χ1v) is 9.09. The lowest BCUT2D eigenvalue weighted by atomic mass is 9.77. The highest BCUT2D eigenvalue weighted by atomic mass is 16.3. The van der Waals surface area contributed by atoms with Crippen molar-refractivity contribution in [3.8, 4) is 0 Å². The van der Waals surface area contributed by atoms with Crippen LogP contribution in [0.1, 0.15) is 65.1 Å². The number of carbonyl (C=O) groups excluding carboxylic acids is 1. The monoisotopic (exact) mass is 361 g/mol. The number of fused-ring (bicyclic) bond motifs is 1. The van der Waals surface area contributed by atoms with Gasteiger partial charge in [0.2, 0.25) is 5.91 Å². The van der Waals surface area contributed by atoms with Crippen molar-refractivity contribution in [1.82, 2.24) is 24.9 Å². The van der Waals surface area contributed by atoms with Gasteiger partial charge in [-0.05, 0) is 39.5 Å². The molecule has 8 nitrogen and oxygen atoms in total. The highest BCUT2D eigenvalue weighted by Gasteiger charge is 2.39. The lowest BCUT2D eigenvalue weighted by Crippen LogP contribution is -2.54. The molecule has 0 bridgehead atoms. The first-order valence-electron chi connectivity index (χ1n) is 9.09. The van der Waals surface area contributed by atoms with Crippen LogP contribution in [0.5, 0.6) is 0 Å². The fourth-order valence-electron chi connectivity index (χ4n) is 3.37. The van der Waals surface area contributed by atoms with E-state index in [2.05, 4.69) is 15.5 Å². The molecule has 0 atom stereocenters. The maximum atomic E-state index is 12.8. The van der Waals surface area contributed by atoms with Crippen molar-refractivity contribution in [2.45, 2.75) is 77.6 Å². The van der Waals surface area contributed by atoms with E-state index in [4.69, 9.17) is 0 Å². The predicted molar refractivity (Wildman–Crippen MR) is 98.1 cm³/mol. The summed E-state index contributed by atoms with van der Waals surface area (Å²) in [6.45, 7) is 9.57. The van der Waals surface area contributed by atoms with E-state index in [0.717, 1.165) is 0 Å².